The van der Waals surface area contributed by atoms with E-state index in [0.29, 0.717) is 16.9 Å². The van der Waals surface area contributed by atoms with E-state index in [0.717, 1.165) is 42.4 Å². The molecule has 3 aromatic rings. The number of hydrogen-bond donors (Lipinski definition) is 1. The first-order chi connectivity index (χ1) is 13.6. The van der Waals surface area contributed by atoms with Crippen LogP contribution in [0.2, 0.25) is 5.02 Å². The molecule has 0 radical (unpaired) electrons. The van der Waals surface area contributed by atoms with Crippen LogP contribution < -0.4 is 5.32 Å². The molecule has 1 atom stereocenters. The number of hydrogen-bond acceptors (Lipinski definition) is 3. The lowest BCUT2D eigenvalue weighted by molar-refractivity contribution is -0.121. The Balaban J connectivity index is 1.39. The molecule has 5 heteroatoms. The second-order valence-electron chi connectivity index (χ2n) is 7.67. The molecule has 1 fully saturated rings. The molecular formula is C23H24ClN3O. The van der Waals surface area contributed by atoms with E-state index in [1.54, 1.807) is 18.3 Å². The lowest BCUT2D eigenvalue weighted by Gasteiger charge is -2.32. The third-order valence-corrected chi connectivity index (χ3v) is 6.24. The Labute approximate surface area is 170 Å². The van der Waals surface area contributed by atoms with Crippen molar-refractivity contribution in [1.29, 1.82) is 0 Å². The zero-order valence-electron chi connectivity index (χ0n) is 15.9. The van der Waals surface area contributed by atoms with E-state index in [1.165, 1.54) is 5.56 Å². The summed E-state index contributed by atoms with van der Waals surface area (Å²) in [5.41, 5.74) is 2.96. The van der Waals surface area contributed by atoms with Crippen molar-refractivity contribution >= 4 is 34.2 Å². The van der Waals surface area contributed by atoms with Crippen LogP contribution in [0, 0.1) is 11.8 Å². The lowest BCUT2D eigenvalue weighted by atomic mass is 9.73. The van der Waals surface area contributed by atoms with E-state index in [2.05, 4.69) is 27.4 Å². The van der Waals surface area contributed by atoms with Crippen molar-refractivity contribution in [2.75, 3.05) is 5.32 Å². The zero-order valence-corrected chi connectivity index (χ0v) is 16.7. The molecule has 1 aromatic carbocycles. The molecule has 2 aromatic heterocycles. The summed E-state index contributed by atoms with van der Waals surface area (Å²) >= 11 is 5.91. The van der Waals surface area contributed by atoms with E-state index >= 15 is 0 Å². The Kier molecular flexibility index (Phi) is 5.58. The van der Waals surface area contributed by atoms with Gasteiger partial charge in [0.2, 0.25) is 5.91 Å². The van der Waals surface area contributed by atoms with Crippen molar-refractivity contribution in [3.8, 4) is 0 Å². The number of benzene rings is 1. The molecule has 144 valence electrons. The Morgan fingerprint density at radius 1 is 1.04 bits per heavy atom. The fourth-order valence-electron chi connectivity index (χ4n) is 4.29. The zero-order chi connectivity index (χ0) is 19.5. The van der Waals surface area contributed by atoms with Crippen LogP contribution in [0.3, 0.4) is 0 Å². The average Bonchev–Trinajstić information content (AvgIpc) is 2.74. The number of carbonyl (C=O) groups is 1. The summed E-state index contributed by atoms with van der Waals surface area (Å²) in [7, 11) is 0. The standard InChI is InChI=1S/C23H24ClN3O/c1-15(23(28)27-19-10-8-18(24)9-11-19)16-4-6-17(7-5-16)20-12-14-26-22-21(20)3-2-13-25-22/h2-3,8-17H,4-7H2,1H3,(H,27,28)/t15-,16?,17?/m0/s1. The van der Waals surface area contributed by atoms with Crippen LogP contribution in [0.15, 0.2) is 54.9 Å². The maximum absolute atomic E-state index is 12.7. The molecule has 1 saturated carbocycles. The van der Waals surface area contributed by atoms with Gasteiger partial charge in [0.25, 0.3) is 0 Å². The van der Waals surface area contributed by atoms with E-state index in [9.17, 15) is 4.79 Å². The molecule has 1 amide bonds. The highest BCUT2D eigenvalue weighted by Gasteiger charge is 2.30. The topological polar surface area (TPSA) is 54.9 Å². The molecule has 0 bridgehead atoms. The van der Waals surface area contributed by atoms with Gasteiger partial charge in [0.05, 0.1) is 0 Å². The minimum absolute atomic E-state index is 0.00696. The molecule has 0 saturated heterocycles. The Hall–Kier alpha value is -2.46. The minimum Gasteiger partial charge on any atom is -0.326 e. The van der Waals surface area contributed by atoms with Gasteiger partial charge in [-0.2, -0.15) is 0 Å². The SMILES string of the molecule is C[C@H](C(=O)Nc1ccc(Cl)cc1)C1CCC(c2ccnc3ncccc23)CC1. The third kappa shape index (κ3) is 4.02. The van der Waals surface area contributed by atoms with Crippen molar-refractivity contribution in [3.63, 3.8) is 0 Å². The monoisotopic (exact) mass is 393 g/mol. The number of nitrogens with zero attached hydrogens (tertiary/aromatic N) is 2. The van der Waals surface area contributed by atoms with Gasteiger partial charge in [0.1, 0.15) is 0 Å². The van der Waals surface area contributed by atoms with Crippen molar-refractivity contribution in [1.82, 2.24) is 9.97 Å². The maximum atomic E-state index is 12.7. The maximum Gasteiger partial charge on any atom is 0.227 e. The molecular weight excluding hydrogens is 370 g/mol. The van der Waals surface area contributed by atoms with Gasteiger partial charge in [-0.25, -0.2) is 9.97 Å². The molecule has 2 heterocycles. The van der Waals surface area contributed by atoms with Crippen molar-refractivity contribution in [3.05, 3.63) is 65.4 Å². The molecule has 1 aliphatic carbocycles. The number of amides is 1. The second kappa shape index (κ2) is 8.27. The number of fused-ring (bicyclic) bond motifs is 1. The number of halogens is 1. The predicted molar refractivity (Wildman–Crippen MR) is 113 cm³/mol. The Morgan fingerprint density at radius 2 is 1.75 bits per heavy atom. The minimum atomic E-state index is -0.00696. The van der Waals surface area contributed by atoms with Gasteiger partial charge in [0, 0.05) is 34.4 Å². The number of pyridine rings is 2. The summed E-state index contributed by atoms with van der Waals surface area (Å²) in [6, 6.07) is 13.5. The smallest absolute Gasteiger partial charge is 0.227 e. The van der Waals surface area contributed by atoms with Crippen LogP contribution in [-0.2, 0) is 4.79 Å². The second-order valence-corrected chi connectivity index (χ2v) is 8.11. The number of anilines is 1. The van der Waals surface area contributed by atoms with E-state index in [4.69, 9.17) is 11.6 Å². The first-order valence-electron chi connectivity index (χ1n) is 9.88. The number of nitrogens with one attached hydrogen (secondary N) is 1. The average molecular weight is 394 g/mol. The van der Waals surface area contributed by atoms with Gasteiger partial charge in [-0.1, -0.05) is 18.5 Å². The summed E-state index contributed by atoms with van der Waals surface area (Å²) in [4.78, 5) is 21.4. The van der Waals surface area contributed by atoms with Gasteiger partial charge in [0.15, 0.2) is 5.65 Å². The molecule has 0 spiro atoms. The van der Waals surface area contributed by atoms with Crippen molar-refractivity contribution in [2.45, 2.75) is 38.5 Å². The van der Waals surface area contributed by atoms with Gasteiger partial charge in [-0.3, -0.25) is 4.79 Å². The highest BCUT2D eigenvalue weighted by Crippen LogP contribution is 2.40. The van der Waals surface area contributed by atoms with E-state index in [1.807, 2.05) is 31.3 Å². The largest absolute Gasteiger partial charge is 0.326 e. The normalized spacial score (nSPS) is 20.6. The summed E-state index contributed by atoms with van der Waals surface area (Å²) in [6.07, 6.45) is 7.96. The number of rotatable bonds is 4. The van der Waals surface area contributed by atoms with Crippen LogP contribution in [0.4, 0.5) is 5.69 Å². The van der Waals surface area contributed by atoms with Gasteiger partial charge < -0.3 is 5.32 Å². The molecule has 0 unspecified atom stereocenters. The van der Waals surface area contributed by atoms with Gasteiger partial charge in [-0.05, 0) is 85.5 Å². The molecule has 0 aliphatic heterocycles. The first-order valence-corrected chi connectivity index (χ1v) is 10.3. The Bertz CT molecular complexity index is 960. The highest BCUT2D eigenvalue weighted by atomic mass is 35.5. The molecule has 4 nitrogen and oxygen atoms in total. The molecule has 4 rings (SSSR count). The quantitative estimate of drug-likeness (QED) is 0.606. The van der Waals surface area contributed by atoms with E-state index < -0.39 is 0 Å². The van der Waals surface area contributed by atoms with Crippen LogP contribution in [0.25, 0.3) is 11.0 Å². The van der Waals surface area contributed by atoms with Crippen LogP contribution in [-0.4, -0.2) is 15.9 Å². The predicted octanol–water partition coefficient (Wildman–Crippen LogP) is 5.83. The van der Waals surface area contributed by atoms with E-state index in [-0.39, 0.29) is 11.8 Å². The van der Waals surface area contributed by atoms with Gasteiger partial charge in [-0.15, -0.1) is 0 Å². The van der Waals surface area contributed by atoms with Gasteiger partial charge >= 0.3 is 0 Å². The lowest BCUT2D eigenvalue weighted by Crippen LogP contribution is -2.29. The molecule has 1 N–H and O–H groups in total. The Morgan fingerprint density at radius 3 is 2.50 bits per heavy atom. The molecule has 28 heavy (non-hydrogen) atoms. The van der Waals surface area contributed by atoms with Crippen LogP contribution in [0.1, 0.15) is 44.1 Å². The fraction of sp³-hybridized carbons (Fsp3) is 0.348. The molecule has 1 aliphatic rings. The van der Waals surface area contributed by atoms with Crippen molar-refractivity contribution in [2.24, 2.45) is 11.8 Å². The number of aromatic nitrogens is 2. The first kappa shape index (κ1) is 18.9. The fourth-order valence-corrected chi connectivity index (χ4v) is 4.42. The van der Waals surface area contributed by atoms with Crippen LogP contribution in [0.5, 0.6) is 0 Å². The van der Waals surface area contributed by atoms with Crippen molar-refractivity contribution < 1.29 is 4.79 Å². The summed E-state index contributed by atoms with van der Waals surface area (Å²) in [6.45, 7) is 2.04. The highest BCUT2D eigenvalue weighted by molar-refractivity contribution is 6.30. The summed E-state index contributed by atoms with van der Waals surface area (Å²) in [5.74, 6) is 1.00. The van der Waals surface area contributed by atoms with Crippen LogP contribution >= 0.6 is 11.6 Å². The third-order valence-electron chi connectivity index (χ3n) is 5.99. The number of carbonyl (C=O) groups excluding carboxylic acids is 1. The summed E-state index contributed by atoms with van der Waals surface area (Å²) in [5, 5.41) is 4.84. The summed E-state index contributed by atoms with van der Waals surface area (Å²) < 4.78 is 0.